The van der Waals surface area contributed by atoms with Crippen LogP contribution in [0.2, 0.25) is 0 Å². The Morgan fingerprint density at radius 3 is 2.94 bits per heavy atom. The minimum absolute atomic E-state index is 0.270. The molecule has 0 saturated carbocycles. The van der Waals surface area contributed by atoms with Gasteiger partial charge in [0.05, 0.1) is 6.61 Å². The number of piperazine rings is 1. The Labute approximate surface area is 101 Å². The van der Waals surface area contributed by atoms with E-state index in [4.69, 9.17) is 4.74 Å². The lowest BCUT2D eigenvalue weighted by molar-refractivity contribution is 0.321. The van der Waals surface area contributed by atoms with Gasteiger partial charge in [0.25, 0.3) is 0 Å². The molecule has 0 aliphatic carbocycles. The molecular formula is C13H19FN2O. The van der Waals surface area contributed by atoms with Gasteiger partial charge in [-0.25, -0.2) is 4.39 Å². The fraction of sp³-hybridized carbons (Fsp3) is 0.538. The number of halogens is 1. The first-order valence-electron chi connectivity index (χ1n) is 6.15. The summed E-state index contributed by atoms with van der Waals surface area (Å²) in [6, 6.07) is 5.61. The molecule has 1 aliphatic rings. The maximum absolute atomic E-state index is 13.6. The lowest BCUT2D eigenvalue weighted by Crippen LogP contribution is -2.49. The molecule has 1 saturated heterocycles. The lowest BCUT2D eigenvalue weighted by Gasteiger charge is -2.24. The number of nitrogens with one attached hydrogen (secondary N) is 2. The van der Waals surface area contributed by atoms with Gasteiger partial charge in [-0.3, -0.25) is 0 Å². The quantitative estimate of drug-likeness (QED) is 0.830. The van der Waals surface area contributed by atoms with Crippen LogP contribution in [0.1, 0.15) is 12.5 Å². The number of ether oxygens (including phenoxy) is 1. The molecule has 94 valence electrons. The largest absolute Gasteiger partial charge is 0.491 e. The summed E-state index contributed by atoms with van der Waals surface area (Å²) in [7, 11) is 0. The van der Waals surface area contributed by atoms with Crippen molar-refractivity contribution in [2.75, 3.05) is 26.2 Å². The molecule has 0 amide bonds. The van der Waals surface area contributed by atoms with Crippen molar-refractivity contribution in [3.8, 4) is 5.75 Å². The fourth-order valence-corrected chi connectivity index (χ4v) is 2.09. The highest BCUT2D eigenvalue weighted by Gasteiger charge is 2.13. The van der Waals surface area contributed by atoms with Crippen molar-refractivity contribution in [3.05, 3.63) is 29.6 Å². The average Bonchev–Trinajstić information content (AvgIpc) is 2.34. The Morgan fingerprint density at radius 2 is 2.29 bits per heavy atom. The molecule has 4 heteroatoms. The molecular weight excluding hydrogens is 219 g/mol. The second-order valence-corrected chi connectivity index (χ2v) is 4.26. The van der Waals surface area contributed by atoms with E-state index >= 15 is 0 Å². The van der Waals surface area contributed by atoms with Crippen molar-refractivity contribution in [1.82, 2.24) is 10.6 Å². The van der Waals surface area contributed by atoms with Gasteiger partial charge in [-0.05, 0) is 31.0 Å². The molecule has 17 heavy (non-hydrogen) atoms. The molecule has 0 bridgehead atoms. The molecule has 1 aromatic carbocycles. The van der Waals surface area contributed by atoms with E-state index in [-0.39, 0.29) is 5.82 Å². The predicted octanol–water partition coefficient (Wildman–Crippen LogP) is 1.33. The third-order valence-electron chi connectivity index (χ3n) is 2.90. The summed E-state index contributed by atoms with van der Waals surface area (Å²) >= 11 is 0. The predicted molar refractivity (Wildman–Crippen MR) is 65.9 cm³/mol. The number of hydrogen-bond acceptors (Lipinski definition) is 3. The van der Waals surface area contributed by atoms with Gasteiger partial charge in [-0.15, -0.1) is 0 Å². The van der Waals surface area contributed by atoms with E-state index in [9.17, 15) is 4.39 Å². The van der Waals surface area contributed by atoms with Crippen LogP contribution in [-0.4, -0.2) is 32.3 Å². The van der Waals surface area contributed by atoms with Gasteiger partial charge in [0.15, 0.2) is 11.6 Å². The van der Waals surface area contributed by atoms with Crippen LogP contribution >= 0.6 is 0 Å². The molecule has 1 unspecified atom stereocenters. The Balaban J connectivity index is 1.98. The van der Waals surface area contributed by atoms with Crippen LogP contribution < -0.4 is 15.4 Å². The van der Waals surface area contributed by atoms with E-state index in [0.29, 0.717) is 18.4 Å². The fourth-order valence-electron chi connectivity index (χ4n) is 2.09. The van der Waals surface area contributed by atoms with Gasteiger partial charge in [-0.2, -0.15) is 0 Å². The van der Waals surface area contributed by atoms with Crippen LogP contribution in [0.3, 0.4) is 0 Å². The first-order valence-corrected chi connectivity index (χ1v) is 6.15. The zero-order valence-corrected chi connectivity index (χ0v) is 10.1. The Morgan fingerprint density at radius 1 is 1.41 bits per heavy atom. The van der Waals surface area contributed by atoms with E-state index in [1.165, 1.54) is 0 Å². The van der Waals surface area contributed by atoms with E-state index in [0.717, 1.165) is 31.6 Å². The first-order chi connectivity index (χ1) is 8.29. The maximum Gasteiger partial charge on any atom is 0.165 e. The Bertz CT molecular complexity index is 364. The van der Waals surface area contributed by atoms with E-state index < -0.39 is 0 Å². The zero-order valence-electron chi connectivity index (χ0n) is 10.1. The highest BCUT2D eigenvalue weighted by atomic mass is 19.1. The summed E-state index contributed by atoms with van der Waals surface area (Å²) in [6.07, 6.45) is 0.844. The summed E-state index contributed by atoms with van der Waals surface area (Å²) in [5.41, 5.74) is 1.01. The molecule has 1 aliphatic heterocycles. The topological polar surface area (TPSA) is 33.3 Å². The van der Waals surface area contributed by atoms with E-state index in [1.54, 1.807) is 12.1 Å². The summed E-state index contributed by atoms with van der Waals surface area (Å²) in [5.74, 6) is 0.0686. The van der Waals surface area contributed by atoms with Crippen molar-refractivity contribution in [2.45, 2.75) is 19.4 Å². The van der Waals surface area contributed by atoms with Crippen LogP contribution in [0, 0.1) is 5.82 Å². The molecule has 2 N–H and O–H groups in total. The summed E-state index contributed by atoms with van der Waals surface area (Å²) in [5, 5.41) is 6.73. The summed E-state index contributed by atoms with van der Waals surface area (Å²) in [4.78, 5) is 0. The first kappa shape index (κ1) is 12.3. The Kier molecular flexibility index (Phi) is 4.34. The number of hydrogen-bond donors (Lipinski definition) is 2. The van der Waals surface area contributed by atoms with Gasteiger partial charge in [0.2, 0.25) is 0 Å². The van der Waals surface area contributed by atoms with Gasteiger partial charge >= 0.3 is 0 Å². The molecule has 0 aromatic heterocycles. The average molecular weight is 238 g/mol. The number of benzene rings is 1. The molecule has 2 rings (SSSR count). The van der Waals surface area contributed by atoms with Gasteiger partial charge in [0.1, 0.15) is 0 Å². The van der Waals surface area contributed by atoms with Crippen molar-refractivity contribution in [3.63, 3.8) is 0 Å². The van der Waals surface area contributed by atoms with Crippen LogP contribution in [0.15, 0.2) is 18.2 Å². The van der Waals surface area contributed by atoms with Crippen molar-refractivity contribution in [2.24, 2.45) is 0 Å². The normalized spacial score (nSPS) is 20.2. The third kappa shape index (κ3) is 3.41. The molecule has 1 aromatic rings. The third-order valence-corrected chi connectivity index (χ3v) is 2.90. The standard InChI is InChI=1S/C13H19FN2O/c1-2-17-13-4-3-10(8-12(13)14)7-11-9-15-5-6-16-11/h3-4,8,11,15-16H,2,5-7,9H2,1H3. The second kappa shape index (κ2) is 5.98. The molecule has 0 radical (unpaired) electrons. The highest BCUT2D eigenvalue weighted by molar-refractivity contribution is 5.29. The summed E-state index contributed by atoms with van der Waals surface area (Å²) in [6.45, 7) is 5.27. The van der Waals surface area contributed by atoms with E-state index in [2.05, 4.69) is 10.6 Å². The minimum atomic E-state index is -0.270. The summed E-state index contributed by atoms with van der Waals surface area (Å²) < 4.78 is 18.8. The van der Waals surface area contributed by atoms with Crippen LogP contribution in [0.5, 0.6) is 5.75 Å². The molecule has 0 spiro atoms. The SMILES string of the molecule is CCOc1ccc(CC2CNCCN2)cc1F. The molecule has 1 heterocycles. The van der Waals surface area contributed by atoms with Crippen LogP contribution in [-0.2, 0) is 6.42 Å². The highest BCUT2D eigenvalue weighted by Crippen LogP contribution is 2.19. The van der Waals surface area contributed by atoms with Gasteiger partial charge < -0.3 is 15.4 Å². The van der Waals surface area contributed by atoms with Crippen LogP contribution in [0.4, 0.5) is 4.39 Å². The zero-order chi connectivity index (χ0) is 12.1. The molecule has 1 atom stereocenters. The minimum Gasteiger partial charge on any atom is -0.491 e. The van der Waals surface area contributed by atoms with Gasteiger partial charge in [0, 0.05) is 25.7 Å². The smallest absolute Gasteiger partial charge is 0.165 e. The molecule has 1 fully saturated rings. The monoisotopic (exact) mass is 238 g/mol. The maximum atomic E-state index is 13.6. The molecule has 3 nitrogen and oxygen atoms in total. The second-order valence-electron chi connectivity index (χ2n) is 4.26. The lowest BCUT2D eigenvalue weighted by atomic mass is 10.0. The van der Waals surface area contributed by atoms with Crippen molar-refractivity contribution >= 4 is 0 Å². The van der Waals surface area contributed by atoms with Gasteiger partial charge in [-0.1, -0.05) is 6.07 Å². The van der Waals surface area contributed by atoms with Crippen molar-refractivity contribution < 1.29 is 9.13 Å². The van der Waals surface area contributed by atoms with Crippen LogP contribution in [0.25, 0.3) is 0 Å². The van der Waals surface area contributed by atoms with E-state index in [1.807, 2.05) is 13.0 Å². The Hall–Kier alpha value is -1.13. The van der Waals surface area contributed by atoms with Crippen molar-refractivity contribution in [1.29, 1.82) is 0 Å². The number of rotatable bonds is 4.